The van der Waals surface area contributed by atoms with Crippen LogP contribution >= 0.6 is 0 Å². The number of benzene rings is 1. The number of carbonyl (C=O) groups is 3. The average Bonchev–Trinajstić information content (AvgIpc) is 2.60. The number of nitrogens with one attached hydrogen (secondary N) is 1. The van der Waals surface area contributed by atoms with Gasteiger partial charge in [0.2, 0.25) is 5.91 Å². The molecule has 0 aliphatic rings. The zero-order chi connectivity index (χ0) is 18.4. The molecular weight excluding hydrogens is 322 g/mol. The van der Waals surface area contributed by atoms with E-state index in [0.29, 0.717) is 16.9 Å². The van der Waals surface area contributed by atoms with Crippen LogP contribution in [0, 0.1) is 12.8 Å². The van der Waals surface area contributed by atoms with Gasteiger partial charge in [0, 0.05) is 23.4 Å². The van der Waals surface area contributed by atoms with Crippen molar-refractivity contribution < 1.29 is 19.1 Å². The molecule has 0 saturated heterocycles. The van der Waals surface area contributed by atoms with E-state index in [1.165, 1.54) is 12.4 Å². The van der Waals surface area contributed by atoms with Crippen molar-refractivity contribution in [1.82, 2.24) is 9.97 Å². The molecule has 1 aromatic heterocycles. The number of ether oxygens (including phenoxy) is 1. The fourth-order valence-electron chi connectivity index (χ4n) is 1.81. The van der Waals surface area contributed by atoms with Crippen LogP contribution < -0.4 is 5.32 Å². The Morgan fingerprint density at radius 3 is 2.32 bits per heavy atom. The van der Waals surface area contributed by atoms with E-state index in [1.54, 1.807) is 45.0 Å². The van der Waals surface area contributed by atoms with E-state index in [9.17, 15) is 14.4 Å². The first-order valence-corrected chi connectivity index (χ1v) is 7.76. The summed E-state index contributed by atoms with van der Waals surface area (Å²) in [5.41, 5.74) is 1.70. The van der Waals surface area contributed by atoms with Gasteiger partial charge in [0.25, 0.3) is 0 Å². The van der Waals surface area contributed by atoms with E-state index < -0.39 is 12.6 Å². The largest absolute Gasteiger partial charge is 0.453 e. The van der Waals surface area contributed by atoms with Gasteiger partial charge in [-0.15, -0.1) is 0 Å². The SMILES string of the molecule is Cc1cnc(C(=O)OCC(=O)c2ccc(NC(=O)C(C)C)cc2)cn1. The number of amides is 1. The number of ketones is 1. The zero-order valence-electron chi connectivity index (χ0n) is 14.3. The fraction of sp³-hybridized carbons (Fsp3) is 0.278. The second-order valence-electron chi connectivity index (χ2n) is 5.76. The van der Waals surface area contributed by atoms with Crippen molar-refractivity contribution in [2.24, 2.45) is 5.92 Å². The average molecular weight is 341 g/mol. The maximum Gasteiger partial charge on any atom is 0.358 e. The van der Waals surface area contributed by atoms with Crippen molar-refractivity contribution >= 4 is 23.3 Å². The van der Waals surface area contributed by atoms with Crippen LogP contribution in [0.2, 0.25) is 0 Å². The van der Waals surface area contributed by atoms with Gasteiger partial charge in [-0.05, 0) is 31.2 Å². The maximum atomic E-state index is 12.1. The zero-order valence-corrected chi connectivity index (χ0v) is 14.3. The summed E-state index contributed by atoms with van der Waals surface area (Å²) in [6, 6.07) is 6.39. The predicted molar refractivity (Wildman–Crippen MR) is 91.3 cm³/mol. The number of Topliss-reactive ketones (excluding diaryl/α,β-unsaturated/α-hetero) is 1. The molecule has 1 heterocycles. The minimum Gasteiger partial charge on any atom is -0.453 e. The van der Waals surface area contributed by atoms with Crippen molar-refractivity contribution in [3.05, 3.63) is 53.6 Å². The predicted octanol–water partition coefficient (Wildman–Crippen LogP) is 2.42. The van der Waals surface area contributed by atoms with Crippen LogP contribution in [0.4, 0.5) is 5.69 Å². The third-order valence-corrected chi connectivity index (χ3v) is 3.32. The summed E-state index contributed by atoms with van der Waals surface area (Å²) >= 11 is 0. The quantitative estimate of drug-likeness (QED) is 0.640. The summed E-state index contributed by atoms with van der Waals surface area (Å²) in [6.45, 7) is 4.94. The lowest BCUT2D eigenvalue weighted by molar-refractivity contribution is -0.118. The Morgan fingerprint density at radius 2 is 1.76 bits per heavy atom. The van der Waals surface area contributed by atoms with Gasteiger partial charge in [0.15, 0.2) is 18.1 Å². The smallest absolute Gasteiger partial charge is 0.358 e. The first kappa shape index (κ1) is 18.3. The molecule has 130 valence electrons. The summed E-state index contributed by atoms with van der Waals surface area (Å²) in [5, 5.41) is 2.73. The fourth-order valence-corrected chi connectivity index (χ4v) is 1.81. The topological polar surface area (TPSA) is 98.2 Å². The number of carbonyl (C=O) groups excluding carboxylic acids is 3. The molecule has 2 rings (SSSR count). The first-order valence-electron chi connectivity index (χ1n) is 7.76. The Labute approximate surface area is 145 Å². The lowest BCUT2D eigenvalue weighted by Gasteiger charge is -2.08. The van der Waals surface area contributed by atoms with E-state index in [2.05, 4.69) is 15.3 Å². The normalized spacial score (nSPS) is 10.4. The molecule has 1 aromatic carbocycles. The number of aryl methyl sites for hydroxylation is 1. The highest BCUT2D eigenvalue weighted by molar-refractivity contribution is 5.99. The van der Waals surface area contributed by atoms with Gasteiger partial charge in [-0.2, -0.15) is 0 Å². The van der Waals surface area contributed by atoms with Crippen LogP contribution in [-0.2, 0) is 9.53 Å². The molecule has 0 spiro atoms. The molecule has 0 bridgehead atoms. The second kappa shape index (κ2) is 8.14. The minimum absolute atomic E-state index is 0.0464. The number of anilines is 1. The van der Waals surface area contributed by atoms with Gasteiger partial charge < -0.3 is 10.1 Å². The van der Waals surface area contributed by atoms with E-state index >= 15 is 0 Å². The Balaban J connectivity index is 1.91. The van der Waals surface area contributed by atoms with Crippen LogP contribution in [0.15, 0.2) is 36.7 Å². The molecule has 25 heavy (non-hydrogen) atoms. The highest BCUT2D eigenvalue weighted by Crippen LogP contribution is 2.12. The number of rotatable bonds is 6. The number of hydrogen-bond donors (Lipinski definition) is 1. The van der Waals surface area contributed by atoms with E-state index in [4.69, 9.17) is 4.74 Å². The van der Waals surface area contributed by atoms with E-state index in [0.717, 1.165) is 0 Å². The molecule has 0 saturated carbocycles. The molecule has 2 aromatic rings. The molecule has 0 aliphatic carbocycles. The monoisotopic (exact) mass is 341 g/mol. The van der Waals surface area contributed by atoms with Gasteiger partial charge in [0.1, 0.15) is 0 Å². The maximum absolute atomic E-state index is 12.1. The van der Waals surface area contributed by atoms with Crippen molar-refractivity contribution in [2.45, 2.75) is 20.8 Å². The van der Waals surface area contributed by atoms with E-state index in [-0.39, 0.29) is 23.3 Å². The third-order valence-electron chi connectivity index (χ3n) is 3.32. The minimum atomic E-state index is -0.707. The van der Waals surface area contributed by atoms with Crippen LogP contribution in [0.25, 0.3) is 0 Å². The summed E-state index contributed by atoms with van der Waals surface area (Å²) < 4.78 is 4.95. The Bertz CT molecular complexity index is 768. The molecule has 0 fully saturated rings. The molecule has 1 amide bonds. The number of esters is 1. The summed E-state index contributed by atoms with van der Waals surface area (Å²) in [6.07, 6.45) is 2.75. The lowest BCUT2D eigenvalue weighted by atomic mass is 10.1. The van der Waals surface area contributed by atoms with Crippen LogP contribution in [0.5, 0.6) is 0 Å². The van der Waals surface area contributed by atoms with Crippen molar-refractivity contribution in [1.29, 1.82) is 0 Å². The number of aromatic nitrogens is 2. The standard InChI is InChI=1S/C18H19N3O4/c1-11(2)17(23)21-14-6-4-13(5-7-14)16(22)10-25-18(24)15-9-19-12(3)8-20-15/h4-9,11H,10H2,1-3H3,(H,21,23). The van der Waals surface area contributed by atoms with E-state index in [1.807, 2.05) is 0 Å². The van der Waals surface area contributed by atoms with Gasteiger partial charge in [-0.1, -0.05) is 13.8 Å². The molecule has 7 heteroatoms. The van der Waals surface area contributed by atoms with Crippen LogP contribution in [0.1, 0.15) is 40.4 Å². The molecular formula is C18H19N3O4. The highest BCUT2D eigenvalue weighted by atomic mass is 16.5. The molecule has 0 aliphatic heterocycles. The van der Waals surface area contributed by atoms with Crippen molar-refractivity contribution in [3.8, 4) is 0 Å². The summed E-state index contributed by atoms with van der Waals surface area (Å²) in [5.74, 6) is -1.30. The third kappa shape index (κ3) is 5.20. The molecule has 7 nitrogen and oxygen atoms in total. The Kier molecular flexibility index (Phi) is 5.94. The highest BCUT2D eigenvalue weighted by Gasteiger charge is 2.14. The van der Waals surface area contributed by atoms with Gasteiger partial charge in [-0.25, -0.2) is 9.78 Å². The molecule has 0 radical (unpaired) electrons. The second-order valence-corrected chi connectivity index (χ2v) is 5.76. The number of hydrogen-bond acceptors (Lipinski definition) is 6. The number of nitrogens with zero attached hydrogens (tertiary/aromatic N) is 2. The van der Waals surface area contributed by atoms with Crippen LogP contribution in [-0.4, -0.2) is 34.2 Å². The summed E-state index contributed by atoms with van der Waals surface area (Å²) in [7, 11) is 0. The van der Waals surface area contributed by atoms with Crippen LogP contribution in [0.3, 0.4) is 0 Å². The Morgan fingerprint density at radius 1 is 1.08 bits per heavy atom. The van der Waals surface area contributed by atoms with Crippen molar-refractivity contribution in [3.63, 3.8) is 0 Å². The molecule has 0 unspecified atom stereocenters. The van der Waals surface area contributed by atoms with Gasteiger partial charge >= 0.3 is 5.97 Å². The first-order chi connectivity index (χ1) is 11.9. The van der Waals surface area contributed by atoms with Gasteiger partial charge in [0.05, 0.1) is 11.9 Å². The lowest BCUT2D eigenvalue weighted by Crippen LogP contribution is -2.18. The Hall–Kier alpha value is -3.09. The molecule has 1 N–H and O–H groups in total. The van der Waals surface area contributed by atoms with Crippen molar-refractivity contribution in [2.75, 3.05) is 11.9 Å². The summed E-state index contributed by atoms with van der Waals surface area (Å²) in [4.78, 5) is 43.3. The van der Waals surface area contributed by atoms with Gasteiger partial charge in [-0.3, -0.25) is 14.6 Å². The molecule has 0 atom stereocenters.